The summed E-state index contributed by atoms with van der Waals surface area (Å²) >= 11 is 0. The molecule has 0 fully saturated rings. The van der Waals surface area contributed by atoms with Crippen molar-refractivity contribution in [3.63, 3.8) is 0 Å². The summed E-state index contributed by atoms with van der Waals surface area (Å²) in [6.45, 7) is 0. The van der Waals surface area contributed by atoms with Gasteiger partial charge in [-0.2, -0.15) is 0 Å². The summed E-state index contributed by atoms with van der Waals surface area (Å²) in [5, 5.41) is 11.7. The number of carboxylic acids is 1. The van der Waals surface area contributed by atoms with Crippen molar-refractivity contribution in [3.05, 3.63) is 78.1 Å². The van der Waals surface area contributed by atoms with Crippen LogP contribution >= 0.6 is 0 Å². The Hall–Kier alpha value is -2.68. The van der Waals surface area contributed by atoms with Crippen LogP contribution in [-0.2, 0) is 11.2 Å². The third kappa shape index (κ3) is 2.77. The number of aliphatic carboxylic acids is 1. The first-order valence-corrected chi connectivity index (χ1v) is 6.85. The fraction of sp³-hybridized carbons (Fsp3) is 0.111. The monoisotopic (exact) mass is 277 g/mol. The van der Waals surface area contributed by atoms with Gasteiger partial charge in [-0.15, -0.1) is 0 Å². The zero-order valence-electron chi connectivity index (χ0n) is 11.4. The quantitative estimate of drug-likeness (QED) is 0.792. The number of carbonyl (C=O) groups is 1. The smallest absolute Gasteiger partial charge is 0.311 e. The molecule has 0 aliphatic heterocycles. The molecule has 1 unspecified atom stereocenters. The first kappa shape index (κ1) is 13.3. The summed E-state index contributed by atoms with van der Waals surface area (Å²) in [4.78, 5) is 15.7. The van der Waals surface area contributed by atoms with Crippen molar-refractivity contribution in [1.29, 1.82) is 0 Å². The van der Waals surface area contributed by atoms with Gasteiger partial charge in [0, 0.05) is 12.4 Å². The lowest BCUT2D eigenvalue weighted by Gasteiger charge is -2.15. The lowest BCUT2D eigenvalue weighted by Crippen LogP contribution is -2.15. The number of pyridine rings is 1. The van der Waals surface area contributed by atoms with E-state index in [4.69, 9.17) is 0 Å². The van der Waals surface area contributed by atoms with Crippen LogP contribution in [0.25, 0.3) is 10.8 Å². The van der Waals surface area contributed by atoms with Gasteiger partial charge in [-0.05, 0) is 40.5 Å². The fourth-order valence-electron chi connectivity index (χ4n) is 2.64. The van der Waals surface area contributed by atoms with Crippen LogP contribution in [0, 0.1) is 0 Å². The van der Waals surface area contributed by atoms with Crippen LogP contribution < -0.4 is 0 Å². The Kier molecular flexibility index (Phi) is 3.65. The van der Waals surface area contributed by atoms with E-state index in [9.17, 15) is 9.90 Å². The molecule has 1 N–H and O–H groups in total. The normalized spacial score (nSPS) is 12.2. The maximum Gasteiger partial charge on any atom is 0.311 e. The van der Waals surface area contributed by atoms with Crippen molar-refractivity contribution >= 4 is 16.7 Å². The molecule has 1 aromatic heterocycles. The molecule has 0 radical (unpaired) electrons. The maximum atomic E-state index is 11.7. The second-order valence-electron chi connectivity index (χ2n) is 5.02. The molecule has 1 heterocycles. The lowest BCUT2D eigenvalue weighted by molar-refractivity contribution is -0.138. The highest BCUT2D eigenvalue weighted by Gasteiger charge is 2.22. The molecule has 21 heavy (non-hydrogen) atoms. The van der Waals surface area contributed by atoms with Gasteiger partial charge in [0.2, 0.25) is 0 Å². The summed E-state index contributed by atoms with van der Waals surface area (Å²) in [6.07, 6.45) is 3.85. The van der Waals surface area contributed by atoms with Gasteiger partial charge in [0.15, 0.2) is 0 Å². The number of hydrogen-bond donors (Lipinski definition) is 1. The van der Waals surface area contributed by atoms with Crippen molar-refractivity contribution in [3.8, 4) is 0 Å². The van der Waals surface area contributed by atoms with Gasteiger partial charge in [0.05, 0.1) is 5.92 Å². The minimum absolute atomic E-state index is 0.464. The summed E-state index contributed by atoms with van der Waals surface area (Å²) in [6, 6.07) is 17.4. The van der Waals surface area contributed by atoms with E-state index < -0.39 is 11.9 Å². The number of fused-ring (bicyclic) bond motifs is 1. The van der Waals surface area contributed by atoms with Crippen LogP contribution in [0.5, 0.6) is 0 Å². The molecule has 2 aromatic carbocycles. The molecule has 0 bridgehead atoms. The predicted molar refractivity (Wildman–Crippen MR) is 82.3 cm³/mol. The minimum Gasteiger partial charge on any atom is -0.481 e. The topological polar surface area (TPSA) is 50.2 Å². The van der Waals surface area contributed by atoms with Crippen LogP contribution in [0.15, 0.2) is 67.0 Å². The largest absolute Gasteiger partial charge is 0.481 e. The molecular formula is C18H15NO2. The summed E-state index contributed by atoms with van der Waals surface area (Å²) < 4.78 is 0. The molecule has 104 valence electrons. The molecular weight excluding hydrogens is 262 g/mol. The highest BCUT2D eigenvalue weighted by Crippen LogP contribution is 2.28. The molecule has 0 saturated heterocycles. The lowest BCUT2D eigenvalue weighted by atomic mass is 9.89. The Morgan fingerprint density at radius 3 is 2.48 bits per heavy atom. The Morgan fingerprint density at radius 2 is 1.71 bits per heavy atom. The first-order valence-electron chi connectivity index (χ1n) is 6.85. The molecule has 0 amide bonds. The summed E-state index contributed by atoms with van der Waals surface area (Å²) in [5.74, 6) is -1.36. The SMILES string of the molecule is O=C(O)C(Cc1ccncc1)c1cccc2ccccc12. The molecule has 1 atom stereocenters. The van der Waals surface area contributed by atoms with E-state index in [2.05, 4.69) is 4.98 Å². The summed E-state index contributed by atoms with van der Waals surface area (Å²) in [5.41, 5.74) is 1.84. The van der Waals surface area contributed by atoms with Crippen molar-refractivity contribution in [1.82, 2.24) is 4.98 Å². The van der Waals surface area contributed by atoms with Crippen LogP contribution in [0.1, 0.15) is 17.0 Å². The van der Waals surface area contributed by atoms with Crippen molar-refractivity contribution < 1.29 is 9.90 Å². The van der Waals surface area contributed by atoms with E-state index in [1.165, 1.54) is 0 Å². The molecule has 0 spiro atoms. The van der Waals surface area contributed by atoms with E-state index in [-0.39, 0.29) is 0 Å². The van der Waals surface area contributed by atoms with Gasteiger partial charge in [-0.25, -0.2) is 0 Å². The standard InChI is InChI=1S/C18H15NO2/c20-18(21)17(12-13-8-10-19-11-9-13)16-7-3-5-14-4-1-2-6-15(14)16/h1-11,17H,12H2,(H,20,21). The second kappa shape index (κ2) is 5.75. The Morgan fingerprint density at radius 1 is 1.00 bits per heavy atom. The van der Waals surface area contributed by atoms with Gasteiger partial charge in [0.1, 0.15) is 0 Å². The van der Waals surface area contributed by atoms with Gasteiger partial charge in [-0.3, -0.25) is 9.78 Å². The third-order valence-electron chi connectivity index (χ3n) is 3.69. The molecule has 0 aliphatic rings. The molecule has 0 aliphatic carbocycles. The van der Waals surface area contributed by atoms with Crippen molar-refractivity contribution in [2.75, 3.05) is 0 Å². The number of carboxylic acid groups (broad SMARTS) is 1. The zero-order chi connectivity index (χ0) is 14.7. The van der Waals surface area contributed by atoms with Gasteiger partial charge < -0.3 is 5.11 Å². The van der Waals surface area contributed by atoms with E-state index in [0.29, 0.717) is 6.42 Å². The molecule has 0 saturated carbocycles. The third-order valence-corrected chi connectivity index (χ3v) is 3.69. The van der Waals surface area contributed by atoms with E-state index >= 15 is 0 Å². The Bertz CT molecular complexity index is 763. The highest BCUT2D eigenvalue weighted by molar-refractivity contribution is 5.90. The Balaban J connectivity index is 2.06. The zero-order valence-corrected chi connectivity index (χ0v) is 11.4. The maximum absolute atomic E-state index is 11.7. The van der Waals surface area contributed by atoms with Crippen LogP contribution in [0.4, 0.5) is 0 Å². The van der Waals surface area contributed by atoms with Crippen LogP contribution in [0.2, 0.25) is 0 Å². The molecule has 3 aromatic rings. The van der Waals surface area contributed by atoms with Crippen molar-refractivity contribution in [2.45, 2.75) is 12.3 Å². The first-order chi connectivity index (χ1) is 10.3. The van der Waals surface area contributed by atoms with E-state index in [0.717, 1.165) is 21.9 Å². The van der Waals surface area contributed by atoms with Crippen LogP contribution in [-0.4, -0.2) is 16.1 Å². The average molecular weight is 277 g/mol. The van der Waals surface area contributed by atoms with Crippen molar-refractivity contribution in [2.24, 2.45) is 0 Å². The van der Waals surface area contributed by atoms with E-state index in [1.807, 2.05) is 54.6 Å². The highest BCUT2D eigenvalue weighted by atomic mass is 16.4. The molecule has 3 heteroatoms. The number of hydrogen-bond acceptors (Lipinski definition) is 2. The fourth-order valence-corrected chi connectivity index (χ4v) is 2.64. The Labute approximate surface area is 122 Å². The number of rotatable bonds is 4. The average Bonchev–Trinajstić information content (AvgIpc) is 2.53. The van der Waals surface area contributed by atoms with Gasteiger partial charge in [0.25, 0.3) is 0 Å². The number of nitrogens with zero attached hydrogens (tertiary/aromatic N) is 1. The van der Waals surface area contributed by atoms with E-state index in [1.54, 1.807) is 12.4 Å². The van der Waals surface area contributed by atoms with Gasteiger partial charge in [-0.1, -0.05) is 42.5 Å². The predicted octanol–water partition coefficient (Wildman–Crippen LogP) is 3.65. The number of benzene rings is 2. The van der Waals surface area contributed by atoms with Gasteiger partial charge >= 0.3 is 5.97 Å². The minimum atomic E-state index is -0.803. The summed E-state index contributed by atoms with van der Waals surface area (Å²) in [7, 11) is 0. The second-order valence-corrected chi connectivity index (χ2v) is 5.02. The molecule has 3 nitrogen and oxygen atoms in total. The van der Waals surface area contributed by atoms with Crippen LogP contribution in [0.3, 0.4) is 0 Å². The number of aromatic nitrogens is 1. The molecule has 3 rings (SSSR count).